The van der Waals surface area contributed by atoms with Crippen LogP contribution in [0.2, 0.25) is 5.02 Å². The van der Waals surface area contributed by atoms with Crippen molar-refractivity contribution in [1.82, 2.24) is 14.8 Å². The summed E-state index contributed by atoms with van der Waals surface area (Å²) in [6.45, 7) is 3.29. The second kappa shape index (κ2) is 7.10. The van der Waals surface area contributed by atoms with Gasteiger partial charge in [0.1, 0.15) is 0 Å². The van der Waals surface area contributed by atoms with E-state index in [0.717, 1.165) is 45.9 Å². The smallest absolute Gasteiger partial charge is 0.231 e. The van der Waals surface area contributed by atoms with E-state index < -0.39 is 0 Å². The average molecular weight is 418 g/mol. The van der Waals surface area contributed by atoms with Gasteiger partial charge in [0.2, 0.25) is 13.6 Å². The third-order valence-corrected chi connectivity index (χ3v) is 5.93. The van der Waals surface area contributed by atoms with Gasteiger partial charge < -0.3 is 23.5 Å². The molecule has 2 aliphatic heterocycles. The molecule has 2 aliphatic rings. The van der Waals surface area contributed by atoms with Gasteiger partial charge in [0.05, 0.1) is 0 Å². The molecule has 0 radical (unpaired) electrons. The summed E-state index contributed by atoms with van der Waals surface area (Å²) in [5.74, 6) is 4.32. The Hall–Kier alpha value is -2.58. The summed E-state index contributed by atoms with van der Waals surface area (Å²) in [4.78, 5) is 0. The van der Waals surface area contributed by atoms with E-state index in [4.69, 9.17) is 30.5 Å². The number of fused-ring (bicyclic) bond motifs is 2. The summed E-state index contributed by atoms with van der Waals surface area (Å²) in [5.41, 5.74) is 1.90. The van der Waals surface area contributed by atoms with Crippen molar-refractivity contribution in [3.8, 4) is 34.4 Å². The van der Waals surface area contributed by atoms with E-state index in [9.17, 15) is 0 Å². The van der Waals surface area contributed by atoms with Gasteiger partial charge in [-0.1, -0.05) is 23.4 Å². The van der Waals surface area contributed by atoms with Crippen molar-refractivity contribution in [2.24, 2.45) is 0 Å². The molecule has 7 nitrogen and oxygen atoms in total. The minimum Gasteiger partial charge on any atom is -0.454 e. The zero-order valence-corrected chi connectivity index (χ0v) is 16.5. The van der Waals surface area contributed by atoms with Gasteiger partial charge in [0, 0.05) is 29.0 Å². The van der Waals surface area contributed by atoms with Crippen LogP contribution in [0.3, 0.4) is 0 Å². The summed E-state index contributed by atoms with van der Waals surface area (Å²) in [5, 5.41) is 10.2. The topological polar surface area (TPSA) is 67.6 Å². The molecule has 0 unspecified atom stereocenters. The molecule has 0 saturated carbocycles. The zero-order chi connectivity index (χ0) is 19.1. The molecular weight excluding hydrogens is 402 g/mol. The van der Waals surface area contributed by atoms with Crippen molar-refractivity contribution in [2.75, 3.05) is 13.6 Å². The van der Waals surface area contributed by atoms with E-state index in [2.05, 4.69) is 21.7 Å². The number of thioether (sulfide) groups is 1. The molecule has 0 amide bonds. The first kappa shape index (κ1) is 17.5. The maximum absolute atomic E-state index is 6.39. The normalized spacial score (nSPS) is 13.9. The Morgan fingerprint density at radius 3 is 2.46 bits per heavy atom. The van der Waals surface area contributed by atoms with Crippen LogP contribution >= 0.6 is 23.4 Å². The second-order valence-electron chi connectivity index (χ2n) is 6.20. The molecule has 9 heteroatoms. The van der Waals surface area contributed by atoms with Gasteiger partial charge in [-0.2, -0.15) is 0 Å². The van der Waals surface area contributed by atoms with Crippen LogP contribution in [0.15, 0.2) is 35.5 Å². The first-order chi connectivity index (χ1) is 13.7. The molecule has 2 aromatic carbocycles. The Labute approximate surface area is 170 Å². The summed E-state index contributed by atoms with van der Waals surface area (Å²) in [6.07, 6.45) is 0. The van der Waals surface area contributed by atoms with E-state index in [1.165, 1.54) is 0 Å². The highest BCUT2D eigenvalue weighted by atomic mass is 35.5. The predicted molar refractivity (Wildman–Crippen MR) is 104 cm³/mol. The third-order valence-electron chi connectivity index (χ3n) is 4.56. The van der Waals surface area contributed by atoms with Crippen molar-refractivity contribution in [2.45, 2.75) is 24.4 Å². The highest BCUT2D eigenvalue weighted by Crippen LogP contribution is 2.39. The fourth-order valence-corrected chi connectivity index (χ4v) is 4.43. The van der Waals surface area contributed by atoms with Crippen LogP contribution in [0.5, 0.6) is 23.0 Å². The lowest BCUT2D eigenvalue weighted by Crippen LogP contribution is -2.00. The molecule has 0 fully saturated rings. The monoisotopic (exact) mass is 417 g/mol. The zero-order valence-electron chi connectivity index (χ0n) is 15.0. The maximum atomic E-state index is 6.39. The number of hydrogen-bond acceptors (Lipinski definition) is 7. The van der Waals surface area contributed by atoms with E-state index >= 15 is 0 Å². The molecule has 3 heterocycles. The summed E-state index contributed by atoms with van der Waals surface area (Å²) in [6, 6.07) is 9.51. The Morgan fingerprint density at radius 1 is 0.964 bits per heavy atom. The van der Waals surface area contributed by atoms with Gasteiger partial charge in [-0.25, -0.2) is 0 Å². The van der Waals surface area contributed by atoms with Gasteiger partial charge in [-0.15, -0.1) is 10.2 Å². The van der Waals surface area contributed by atoms with Gasteiger partial charge in [-0.3, -0.25) is 0 Å². The van der Waals surface area contributed by atoms with Crippen molar-refractivity contribution < 1.29 is 18.9 Å². The van der Waals surface area contributed by atoms with Crippen molar-refractivity contribution in [1.29, 1.82) is 0 Å². The van der Waals surface area contributed by atoms with E-state index in [1.54, 1.807) is 17.8 Å². The van der Waals surface area contributed by atoms with E-state index in [-0.39, 0.29) is 13.6 Å². The molecule has 0 bridgehead atoms. The van der Waals surface area contributed by atoms with Crippen LogP contribution in [0, 0.1) is 0 Å². The first-order valence-corrected chi connectivity index (χ1v) is 10.1. The number of halogens is 1. The predicted octanol–water partition coefficient (Wildman–Crippen LogP) is 4.37. The Kier molecular flexibility index (Phi) is 4.44. The number of hydrogen-bond donors (Lipinski definition) is 0. The van der Waals surface area contributed by atoms with Crippen molar-refractivity contribution in [3.05, 3.63) is 40.9 Å². The van der Waals surface area contributed by atoms with Gasteiger partial charge in [0.25, 0.3) is 0 Å². The highest BCUT2D eigenvalue weighted by Gasteiger charge is 2.20. The standard InChI is InChI=1S/C19H16ClN3O4S/c1-2-23-18(11-3-4-14-15(5-11)25-9-24-14)21-22-19(23)28-8-12-6-16-17(7-13(12)20)27-10-26-16/h3-7H,2,8-10H2,1H3. The molecule has 3 aromatic rings. The van der Waals surface area contributed by atoms with Crippen LogP contribution in [0.1, 0.15) is 12.5 Å². The molecule has 0 spiro atoms. The highest BCUT2D eigenvalue weighted by molar-refractivity contribution is 7.98. The Morgan fingerprint density at radius 2 is 1.68 bits per heavy atom. The van der Waals surface area contributed by atoms with Gasteiger partial charge in [0.15, 0.2) is 34.0 Å². The summed E-state index contributed by atoms with van der Waals surface area (Å²) in [7, 11) is 0. The van der Waals surface area contributed by atoms with Crippen molar-refractivity contribution >= 4 is 23.4 Å². The summed E-state index contributed by atoms with van der Waals surface area (Å²) >= 11 is 7.96. The molecule has 0 atom stereocenters. The van der Waals surface area contributed by atoms with E-state index in [1.807, 2.05) is 24.3 Å². The fraction of sp³-hybridized carbons (Fsp3) is 0.263. The SMILES string of the molecule is CCn1c(SCc2cc3c(cc2Cl)OCO3)nnc1-c1ccc2c(c1)OCO2. The quantitative estimate of drug-likeness (QED) is 0.571. The molecule has 0 saturated heterocycles. The number of aromatic nitrogens is 3. The Balaban J connectivity index is 1.40. The number of nitrogens with zero attached hydrogens (tertiary/aromatic N) is 3. The lowest BCUT2D eigenvalue weighted by Gasteiger charge is -2.09. The number of rotatable bonds is 5. The number of ether oxygens (including phenoxy) is 4. The molecule has 0 N–H and O–H groups in total. The minimum atomic E-state index is 0.227. The lowest BCUT2D eigenvalue weighted by atomic mass is 10.2. The van der Waals surface area contributed by atoms with Crippen LogP contribution in [-0.4, -0.2) is 28.4 Å². The lowest BCUT2D eigenvalue weighted by molar-refractivity contribution is 0.173. The molecule has 1 aromatic heterocycles. The third kappa shape index (κ3) is 3.02. The van der Waals surface area contributed by atoms with Crippen LogP contribution in [-0.2, 0) is 12.3 Å². The maximum Gasteiger partial charge on any atom is 0.231 e. The van der Waals surface area contributed by atoms with Crippen molar-refractivity contribution in [3.63, 3.8) is 0 Å². The van der Waals surface area contributed by atoms with E-state index in [0.29, 0.717) is 16.5 Å². The molecule has 28 heavy (non-hydrogen) atoms. The second-order valence-corrected chi connectivity index (χ2v) is 7.55. The average Bonchev–Trinajstić information content (AvgIpc) is 3.43. The minimum absolute atomic E-state index is 0.227. The number of benzene rings is 2. The largest absolute Gasteiger partial charge is 0.454 e. The van der Waals surface area contributed by atoms with Crippen LogP contribution in [0.4, 0.5) is 0 Å². The molecule has 5 rings (SSSR count). The Bertz CT molecular complexity index is 1060. The molecule has 0 aliphatic carbocycles. The van der Waals surface area contributed by atoms with Crippen LogP contribution in [0.25, 0.3) is 11.4 Å². The summed E-state index contributed by atoms with van der Waals surface area (Å²) < 4.78 is 23.7. The van der Waals surface area contributed by atoms with Gasteiger partial charge >= 0.3 is 0 Å². The van der Waals surface area contributed by atoms with Gasteiger partial charge in [-0.05, 0) is 36.8 Å². The van der Waals surface area contributed by atoms with Crippen LogP contribution < -0.4 is 18.9 Å². The molecular formula is C19H16ClN3O4S. The first-order valence-electron chi connectivity index (χ1n) is 8.77. The molecule has 144 valence electrons. The fourth-order valence-electron chi connectivity index (χ4n) is 3.14.